The second kappa shape index (κ2) is 10.1. The largest absolute Gasteiger partial charge is 0.346 e. The van der Waals surface area contributed by atoms with Gasteiger partial charge in [-0.15, -0.1) is 11.3 Å². The lowest BCUT2D eigenvalue weighted by atomic mass is 9.98. The van der Waals surface area contributed by atoms with Crippen LogP contribution in [0.1, 0.15) is 27.6 Å². The molecule has 0 fully saturated rings. The van der Waals surface area contributed by atoms with Crippen molar-refractivity contribution in [2.75, 3.05) is 13.1 Å². The number of rotatable bonds is 6. The Kier molecular flexibility index (Phi) is 7.02. The summed E-state index contributed by atoms with van der Waals surface area (Å²) in [4.78, 5) is 28.3. The highest BCUT2D eigenvalue weighted by Gasteiger charge is 2.26. The van der Waals surface area contributed by atoms with Gasteiger partial charge in [0.2, 0.25) is 0 Å². The SMILES string of the molecule is O=C(NCc1ccccc1Cl)C(=O)NC[C@@H](c1cccs1)N1CCc2ccccc2C1. The molecular weight excluding hydrogens is 430 g/mol. The van der Waals surface area contributed by atoms with Crippen molar-refractivity contribution in [3.8, 4) is 0 Å². The van der Waals surface area contributed by atoms with E-state index in [9.17, 15) is 9.59 Å². The zero-order valence-corrected chi connectivity index (χ0v) is 18.6. The molecule has 0 radical (unpaired) electrons. The Morgan fingerprint density at radius 1 is 0.968 bits per heavy atom. The standard InChI is InChI=1S/C24H24ClN3O2S/c25-20-9-4-3-7-18(20)14-26-23(29)24(30)27-15-21(22-10-5-13-31-22)28-12-11-17-6-1-2-8-19(17)16-28/h1-10,13,21H,11-12,14-16H2,(H,26,29)(H,27,30)/t21-/m0/s1. The molecule has 2 aromatic carbocycles. The molecule has 1 aliphatic heterocycles. The van der Waals surface area contributed by atoms with E-state index in [2.05, 4.69) is 45.9 Å². The van der Waals surface area contributed by atoms with Crippen LogP contribution in [0.2, 0.25) is 5.02 Å². The van der Waals surface area contributed by atoms with Crippen LogP contribution >= 0.6 is 22.9 Å². The molecule has 2 amide bonds. The number of nitrogens with one attached hydrogen (secondary N) is 2. The average Bonchev–Trinajstić information content (AvgIpc) is 3.33. The van der Waals surface area contributed by atoms with E-state index in [1.54, 1.807) is 17.4 Å². The van der Waals surface area contributed by atoms with Gasteiger partial charge in [-0.25, -0.2) is 0 Å². The van der Waals surface area contributed by atoms with Crippen LogP contribution in [0, 0.1) is 0 Å². The average molecular weight is 454 g/mol. The maximum Gasteiger partial charge on any atom is 0.309 e. The Bertz CT molecular complexity index is 1050. The van der Waals surface area contributed by atoms with Crippen molar-refractivity contribution in [2.24, 2.45) is 0 Å². The highest BCUT2D eigenvalue weighted by Crippen LogP contribution is 2.30. The van der Waals surface area contributed by atoms with Crippen molar-refractivity contribution >= 4 is 34.8 Å². The molecule has 2 heterocycles. The molecule has 4 rings (SSSR count). The second-order valence-corrected chi connectivity index (χ2v) is 8.89. The third-order valence-corrected chi connectivity index (χ3v) is 6.87. The van der Waals surface area contributed by atoms with Crippen LogP contribution in [0.15, 0.2) is 66.0 Å². The number of carbonyl (C=O) groups excluding carboxylic acids is 2. The molecule has 0 spiro atoms. The quantitative estimate of drug-likeness (QED) is 0.556. The molecule has 1 aromatic heterocycles. The number of carbonyl (C=O) groups is 2. The van der Waals surface area contributed by atoms with Crippen LogP contribution in [-0.2, 0) is 29.1 Å². The molecule has 5 nitrogen and oxygen atoms in total. The van der Waals surface area contributed by atoms with Crippen molar-refractivity contribution in [1.29, 1.82) is 0 Å². The monoisotopic (exact) mass is 453 g/mol. The van der Waals surface area contributed by atoms with E-state index in [1.807, 2.05) is 29.6 Å². The molecule has 0 aliphatic carbocycles. The third kappa shape index (κ3) is 5.34. The molecule has 3 aromatic rings. The zero-order valence-electron chi connectivity index (χ0n) is 17.0. The van der Waals surface area contributed by atoms with Gasteiger partial charge in [-0.2, -0.15) is 0 Å². The minimum absolute atomic E-state index is 0.0219. The summed E-state index contributed by atoms with van der Waals surface area (Å²) in [6.45, 7) is 2.33. The summed E-state index contributed by atoms with van der Waals surface area (Å²) in [6, 6.07) is 19.8. The molecule has 7 heteroatoms. The highest BCUT2D eigenvalue weighted by molar-refractivity contribution is 7.10. The number of nitrogens with zero attached hydrogens (tertiary/aromatic N) is 1. The topological polar surface area (TPSA) is 61.4 Å². The lowest BCUT2D eigenvalue weighted by molar-refractivity contribution is -0.139. The lowest BCUT2D eigenvalue weighted by Crippen LogP contribution is -2.44. The predicted molar refractivity (Wildman–Crippen MR) is 124 cm³/mol. The Hall–Kier alpha value is -2.67. The number of amides is 2. The summed E-state index contributed by atoms with van der Waals surface area (Å²) in [6.07, 6.45) is 0.977. The van der Waals surface area contributed by atoms with Crippen LogP contribution in [0.25, 0.3) is 0 Å². The number of halogens is 1. The van der Waals surface area contributed by atoms with Gasteiger partial charge in [0.1, 0.15) is 0 Å². The highest BCUT2D eigenvalue weighted by atomic mass is 35.5. The summed E-state index contributed by atoms with van der Waals surface area (Å²) in [5.74, 6) is -1.29. The van der Waals surface area contributed by atoms with Crippen LogP contribution in [0.4, 0.5) is 0 Å². The van der Waals surface area contributed by atoms with Crippen LogP contribution in [0.3, 0.4) is 0 Å². The maximum absolute atomic E-state index is 12.4. The Morgan fingerprint density at radius 3 is 2.48 bits per heavy atom. The number of hydrogen-bond acceptors (Lipinski definition) is 4. The van der Waals surface area contributed by atoms with E-state index in [4.69, 9.17) is 11.6 Å². The Morgan fingerprint density at radius 2 is 1.71 bits per heavy atom. The van der Waals surface area contributed by atoms with E-state index >= 15 is 0 Å². The smallest absolute Gasteiger partial charge is 0.309 e. The van der Waals surface area contributed by atoms with Gasteiger partial charge in [-0.05, 0) is 40.6 Å². The first kappa shape index (κ1) is 21.6. The molecule has 1 aliphatic rings. The molecule has 2 N–H and O–H groups in total. The predicted octanol–water partition coefficient (Wildman–Crippen LogP) is 3.93. The van der Waals surface area contributed by atoms with E-state index in [1.165, 1.54) is 16.0 Å². The molecule has 0 saturated heterocycles. The van der Waals surface area contributed by atoms with E-state index in [0.29, 0.717) is 11.6 Å². The number of thiophene rings is 1. The second-order valence-electron chi connectivity index (χ2n) is 7.50. The molecule has 0 saturated carbocycles. The summed E-state index contributed by atoms with van der Waals surface area (Å²) in [5.41, 5.74) is 3.47. The van der Waals surface area contributed by atoms with Gasteiger partial charge in [0, 0.05) is 36.1 Å². The number of hydrogen-bond donors (Lipinski definition) is 2. The van der Waals surface area contributed by atoms with Gasteiger partial charge in [0.15, 0.2) is 0 Å². The summed E-state index contributed by atoms with van der Waals surface area (Å²) in [5, 5.41) is 8.07. The van der Waals surface area contributed by atoms with Crippen molar-refractivity contribution in [2.45, 2.75) is 25.6 Å². The Balaban J connectivity index is 1.37. The fourth-order valence-corrected chi connectivity index (χ4v) is 4.90. The molecule has 160 valence electrons. The molecule has 0 unspecified atom stereocenters. The number of fused-ring (bicyclic) bond motifs is 1. The van der Waals surface area contributed by atoms with Gasteiger partial charge < -0.3 is 10.6 Å². The van der Waals surface area contributed by atoms with Gasteiger partial charge in [-0.3, -0.25) is 14.5 Å². The van der Waals surface area contributed by atoms with E-state index in [-0.39, 0.29) is 12.6 Å². The van der Waals surface area contributed by atoms with Gasteiger partial charge in [-0.1, -0.05) is 60.1 Å². The van der Waals surface area contributed by atoms with Gasteiger partial charge >= 0.3 is 11.8 Å². The first-order valence-corrected chi connectivity index (χ1v) is 11.5. The Labute approximate surface area is 191 Å². The minimum Gasteiger partial charge on any atom is -0.346 e. The summed E-state index contributed by atoms with van der Waals surface area (Å²) < 4.78 is 0. The molecule has 31 heavy (non-hydrogen) atoms. The lowest BCUT2D eigenvalue weighted by Gasteiger charge is -2.35. The van der Waals surface area contributed by atoms with Crippen molar-refractivity contribution in [3.05, 3.63) is 92.6 Å². The van der Waals surface area contributed by atoms with E-state index in [0.717, 1.165) is 25.1 Å². The molecular formula is C24H24ClN3O2S. The zero-order chi connectivity index (χ0) is 21.6. The maximum atomic E-state index is 12.4. The minimum atomic E-state index is -0.658. The van der Waals surface area contributed by atoms with Crippen LogP contribution in [-0.4, -0.2) is 29.8 Å². The van der Waals surface area contributed by atoms with Gasteiger partial charge in [0.25, 0.3) is 0 Å². The molecule has 0 bridgehead atoms. The molecule has 1 atom stereocenters. The fraction of sp³-hybridized carbons (Fsp3) is 0.250. The van der Waals surface area contributed by atoms with Crippen molar-refractivity contribution in [3.63, 3.8) is 0 Å². The first-order chi connectivity index (χ1) is 15.1. The number of benzene rings is 2. The van der Waals surface area contributed by atoms with Crippen molar-refractivity contribution in [1.82, 2.24) is 15.5 Å². The third-order valence-electron chi connectivity index (χ3n) is 5.53. The first-order valence-electron chi connectivity index (χ1n) is 10.3. The summed E-state index contributed by atoms with van der Waals surface area (Å²) >= 11 is 7.78. The van der Waals surface area contributed by atoms with Crippen LogP contribution in [0.5, 0.6) is 0 Å². The van der Waals surface area contributed by atoms with Crippen LogP contribution < -0.4 is 10.6 Å². The van der Waals surface area contributed by atoms with Crippen molar-refractivity contribution < 1.29 is 9.59 Å². The van der Waals surface area contributed by atoms with E-state index < -0.39 is 11.8 Å². The normalized spacial score (nSPS) is 14.5. The summed E-state index contributed by atoms with van der Waals surface area (Å²) in [7, 11) is 0. The van der Waals surface area contributed by atoms with Gasteiger partial charge in [0.05, 0.1) is 6.04 Å². The fourth-order valence-electron chi connectivity index (χ4n) is 3.84.